The standard InChI is InChI=1S/C25H28F3NO2/c26-25(27,28)14-17-7-10-22(31-20-8-9-20)21(13-17)19-15-24(30-16-19)11-4-12-29-23(24)18-5-2-1-3-6-18/h1-3,5-7,10,13,19-20,23,29H,4,8-9,11-12,14-16H2/t19-,23+,24-/m1/s1. The second-order valence-electron chi connectivity index (χ2n) is 9.16. The summed E-state index contributed by atoms with van der Waals surface area (Å²) in [5, 5.41) is 3.63. The van der Waals surface area contributed by atoms with Crippen molar-refractivity contribution in [1.29, 1.82) is 0 Å². The van der Waals surface area contributed by atoms with E-state index in [-0.39, 0.29) is 29.2 Å². The van der Waals surface area contributed by atoms with Crippen molar-refractivity contribution in [2.75, 3.05) is 13.2 Å². The molecule has 2 aromatic carbocycles. The zero-order chi connectivity index (χ0) is 21.5. The van der Waals surface area contributed by atoms with E-state index in [1.54, 1.807) is 18.2 Å². The van der Waals surface area contributed by atoms with Crippen LogP contribution >= 0.6 is 0 Å². The third kappa shape index (κ3) is 4.60. The van der Waals surface area contributed by atoms with Crippen molar-refractivity contribution in [3.8, 4) is 5.75 Å². The molecular weight excluding hydrogens is 403 g/mol. The molecule has 0 unspecified atom stereocenters. The molecule has 3 aliphatic rings. The summed E-state index contributed by atoms with van der Waals surface area (Å²) in [5.41, 5.74) is 2.00. The zero-order valence-electron chi connectivity index (χ0n) is 17.5. The highest BCUT2D eigenvalue weighted by atomic mass is 19.4. The fourth-order valence-corrected chi connectivity index (χ4v) is 5.14. The number of hydrogen-bond acceptors (Lipinski definition) is 3. The minimum Gasteiger partial charge on any atom is -0.490 e. The van der Waals surface area contributed by atoms with Gasteiger partial charge in [0.25, 0.3) is 0 Å². The lowest BCUT2D eigenvalue weighted by Gasteiger charge is -2.41. The molecule has 3 nitrogen and oxygen atoms in total. The number of hydrogen-bond donors (Lipinski definition) is 1. The lowest BCUT2D eigenvalue weighted by Crippen LogP contribution is -2.48. The van der Waals surface area contributed by atoms with Crippen molar-refractivity contribution in [3.63, 3.8) is 0 Å². The topological polar surface area (TPSA) is 30.5 Å². The lowest BCUT2D eigenvalue weighted by molar-refractivity contribution is -0.127. The molecular formula is C25H28F3NO2. The summed E-state index contributed by atoms with van der Waals surface area (Å²) in [6.07, 6.45) is -0.199. The molecule has 1 saturated carbocycles. The normalized spacial score (nSPS) is 28.7. The molecule has 2 aromatic rings. The van der Waals surface area contributed by atoms with Crippen molar-refractivity contribution in [1.82, 2.24) is 5.32 Å². The number of alkyl halides is 3. The summed E-state index contributed by atoms with van der Waals surface area (Å²) in [7, 11) is 0. The third-order valence-corrected chi connectivity index (χ3v) is 6.68. The fourth-order valence-electron chi connectivity index (χ4n) is 5.14. The SMILES string of the molecule is FC(F)(F)Cc1ccc(OC2CC2)c([C@H]2CO[C@]3(CCCN[C@H]3c3ccccc3)C2)c1. The van der Waals surface area contributed by atoms with Gasteiger partial charge in [0.2, 0.25) is 0 Å². The Hall–Kier alpha value is -2.05. The molecule has 0 bridgehead atoms. The first-order valence-electron chi connectivity index (χ1n) is 11.2. The summed E-state index contributed by atoms with van der Waals surface area (Å²) in [4.78, 5) is 0. The van der Waals surface area contributed by atoms with Crippen LogP contribution in [0, 0.1) is 0 Å². The van der Waals surface area contributed by atoms with Crippen LogP contribution in [0.5, 0.6) is 5.75 Å². The average molecular weight is 431 g/mol. The highest BCUT2D eigenvalue weighted by molar-refractivity contribution is 5.42. The van der Waals surface area contributed by atoms with Crippen molar-refractivity contribution in [3.05, 3.63) is 65.2 Å². The van der Waals surface area contributed by atoms with Gasteiger partial charge in [-0.3, -0.25) is 0 Å². The maximum atomic E-state index is 13.0. The summed E-state index contributed by atoms with van der Waals surface area (Å²) in [6, 6.07) is 15.4. The van der Waals surface area contributed by atoms with Crippen LogP contribution in [0.15, 0.2) is 48.5 Å². The van der Waals surface area contributed by atoms with Gasteiger partial charge in [0.15, 0.2) is 0 Å². The molecule has 5 rings (SSSR count). The van der Waals surface area contributed by atoms with Gasteiger partial charge in [0, 0.05) is 5.92 Å². The molecule has 0 radical (unpaired) electrons. The Labute approximate surface area is 180 Å². The van der Waals surface area contributed by atoms with Crippen LogP contribution in [0.2, 0.25) is 0 Å². The van der Waals surface area contributed by atoms with Crippen LogP contribution in [0.25, 0.3) is 0 Å². The first-order chi connectivity index (χ1) is 14.9. The van der Waals surface area contributed by atoms with Gasteiger partial charge in [0.05, 0.1) is 30.8 Å². The van der Waals surface area contributed by atoms with Gasteiger partial charge in [-0.15, -0.1) is 0 Å². The van der Waals surface area contributed by atoms with E-state index in [0.29, 0.717) is 6.61 Å². The molecule has 0 amide bonds. The Bertz CT molecular complexity index is 913. The predicted molar refractivity (Wildman–Crippen MR) is 112 cm³/mol. The van der Waals surface area contributed by atoms with Crippen LogP contribution in [0.3, 0.4) is 0 Å². The molecule has 6 heteroatoms. The quantitative estimate of drug-likeness (QED) is 0.659. The zero-order valence-corrected chi connectivity index (χ0v) is 17.5. The highest BCUT2D eigenvalue weighted by Gasteiger charge is 2.49. The monoisotopic (exact) mass is 431 g/mol. The Morgan fingerprint density at radius 2 is 1.90 bits per heavy atom. The second-order valence-corrected chi connectivity index (χ2v) is 9.16. The Kier molecular flexibility index (Phi) is 5.47. The molecule has 2 saturated heterocycles. The molecule has 1 spiro atoms. The highest BCUT2D eigenvalue weighted by Crippen LogP contribution is 2.50. The third-order valence-electron chi connectivity index (χ3n) is 6.68. The van der Waals surface area contributed by atoms with Gasteiger partial charge in [-0.25, -0.2) is 0 Å². The number of piperidine rings is 1. The molecule has 2 heterocycles. The minimum atomic E-state index is -4.23. The fraction of sp³-hybridized carbons (Fsp3) is 0.520. The molecule has 166 valence electrons. The van der Waals surface area contributed by atoms with Crippen LogP contribution < -0.4 is 10.1 Å². The molecule has 1 aliphatic carbocycles. The molecule has 3 atom stereocenters. The molecule has 1 N–H and O–H groups in total. The lowest BCUT2D eigenvalue weighted by atomic mass is 9.76. The average Bonchev–Trinajstić information content (AvgIpc) is 3.47. The first kappa shape index (κ1) is 20.8. The molecule has 0 aromatic heterocycles. The van der Waals surface area contributed by atoms with Crippen molar-refractivity contribution in [2.45, 2.75) is 68.4 Å². The molecule has 2 aliphatic heterocycles. The molecule has 3 fully saturated rings. The van der Waals surface area contributed by atoms with E-state index in [0.717, 1.165) is 50.0 Å². The summed E-state index contributed by atoms with van der Waals surface area (Å²) in [5.74, 6) is 0.743. The maximum absolute atomic E-state index is 13.0. The Morgan fingerprint density at radius 3 is 2.65 bits per heavy atom. The van der Waals surface area contributed by atoms with Crippen LogP contribution in [-0.2, 0) is 11.2 Å². The van der Waals surface area contributed by atoms with Crippen molar-refractivity contribution >= 4 is 0 Å². The first-order valence-corrected chi connectivity index (χ1v) is 11.2. The number of rotatable bonds is 5. The summed E-state index contributed by atoms with van der Waals surface area (Å²) < 4.78 is 51.7. The maximum Gasteiger partial charge on any atom is 0.393 e. The largest absolute Gasteiger partial charge is 0.490 e. The van der Waals surface area contributed by atoms with E-state index in [4.69, 9.17) is 9.47 Å². The molecule has 31 heavy (non-hydrogen) atoms. The van der Waals surface area contributed by atoms with E-state index in [1.165, 1.54) is 5.56 Å². The van der Waals surface area contributed by atoms with E-state index in [1.807, 2.05) is 18.2 Å². The number of halogens is 3. The van der Waals surface area contributed by atoms with E-state index < -0.39 is 12.6 Å². The number of ether oxygens (including phenoxy) is 2. The Morgan fingerprint density at radius 1 is 1.10 bits per heavy atom. The van der Waals surface area contributed by atoms with Gasteiger partial charge >= 0.3 is 6.18 Å². The van der Waals surface area contributed by atoms with Crippen LogP contribution in [0.4, 0.5) is 13.2 Å². The number of nitrogens with one attached hydrogen (secondary N) is 1. The van der Waals surface area contributed by atoms with E-state index in [9.17, 15) is 13.2 Å². The van der Waals surface area contributed by atoms with Gasteiger partial charge in [-0.05, 0) is 61.4 Å². The summed E-state index contributed by atoms with van der Waals surface area (Å²) in [6.45, 7) is 1.44. The van der Waals surface area contributed by atoms with E-state index >= 15 is 0 Å². The number of benzene rings is 2. The second kappa shape index (κ2) is 8.14. The van der Waals surface area contributed by atoms with Gasteiger partial charge < -0.3 is 14.8 Å². The minimum absolute atomic E-state index is 0.0213. The summed E-state index contributed by atoms with van der Waals surface area (Å²) >= 11 is 0. The van der Waals surface area contributed by atoms with Crippen molar-refractivity contribution in [2.24, 2.45) is 0 Å². The van der Waals surface area contributed by atoms with Gasteiger partial charge in [-0.1, -0.05) is 42.5 Å². The Balaban J connectivity index is 1.44. The predicted octanol–water partition coefficient (Wildman–Crippen LogP) is 5.70. The van der Waals surface area contributed by atoms with Gasteiger partial charge in [0.1, 0.15) is 5.75 Å². The smallest absolute Gasteiger partial charge is 0.393 e. The van der Waals surface area contributed by atoms with E-state index in [2.05, 4.69) is 17.4 Å². The van der Waals surface area contributed by atoms with Crippen molar-refractivity contribution < 1.29 is 22.6 Å². The van der Waals surface area contributed by atoms with Gasteiger partial charge in [-0.2, -0.15) is 13.2 Å². The van der Waals surface area contributed by atoms with Crippen LogP contribution in [-0.4, -0.2) is 31.0 Å². The van der Waals surface area contributed by atoms with Crippen LogP contribution in [0.1, 0.15) is 60.8 Å².